The van der Waals surface area contributed by atoms with Crippen molar-refractivity contribution < 1.29 is 9.53 Å². The molecule has 4 nitrogen and oxygen atoms in total. The van der Waals surface area contributed by atoms with E-state index in [1.54, 1.807) is 0 Å². The molecule has 0 bridgehead atoms. The van der Waals surface area contributed by atoms with Crippen molar-refractivity contribution in [3.8, 4) is 0 Å². The Balaban J connectivity index is 1.79. The van der Waals surface area contributed by atoms with E-state index in [4.69, 9.17) is 4.74 Å². The number of benzene rings is 1. The molecule has 0 aliphatic carbocycles. The lowest BCUT2D eigenvalue weighted by molar-refractivity contribution is 0.0170. The van der Waals surface area contributed by atoms with Crippen LogP contribution in [-0.4, -0.2) is 49.6 Å². The molecule has 1 atom stereocenters. The molecule has 0 spiro atoms. The fraction of sp³-hybridized carbons (Fsp3) is 0.562. The minimum atomic E-state index is -0.00804. The minimum Gasteiger partial charge on any atom is -0.384 e. The largest absolute Gasteiger partial charge is 0.384 e. The van der Waals surface area contributed by atoms with Crippen molar-refractivity contribution in [3.63, 3.8) is 0 Å². The van der Waals surface area contributed by atoms with Crippen LogP contribution in [0.1, 0.15) is 29.3 Å². The van der Waals surface area contributed by atoms with E-state index in [1.165, 1.54) is 11.3 Å². The number of ether oxygens (including phenoxy) is 1. The Morgan fingerprint density at radius 1 is 1.40 bits per heavy atom. The molecule has 1 fully saturated rings. The molecule has 1 unspecified atom stereocenters. The first-order valence-electron chi connectivity index (χ1n) is 7.52. The number of anilines is 1. The van der Waals surface area contributed by atoms with Gasteiger partial charge in [-0.25, -0.2) is 0 Å². The maximum atomic E-state index is 12.8. The van der Waals surface area contributed by atoms with E-state index in [-0.39, 0.29) is 11.8 Å². The summed E-state index contributed by atoms with van der Waals surface area (Å²) in [6, 6.07) is 6.07. The van der Waals surface area contributed by atoms with Crippen LogP contribution >= 0.6 is 0 Å². The zero-order valence-electron chi connectivity index (χ0n) is 12.0. The molecular weight excluding hydrogens is 252 g/mol. The summed E-state index contributed by atoms with van der Waals surface area (Å²) in [6.07, 6.45) is 1.87. The summed E-state index contributed by atoms with van der Waals surface area (Å²) in [5, 5.41) is 3.33. The normalized spacial score (nSPS) is 20.2. The smallest absolute Gasteiger partial charge is 0.179 e. The lowest BCUT2D eigenvalue weighted by Gasteiger charge is -2.33. The SMILES string of the molecule is CCC(C(=O)c1ccc2c(c1)CCN2)N1CCOCC1. The van der Waals surface area contributed by atoms with Crippen molar-refractivity contribution in [2.24, 2.45) is 0 Å². The molecule has 3 rings (SSSR count). The lowest BCUT2D eigenvalue weighted by atomic mass is 9.98. The number of carbonyl (C=O) groups is 1. The van der Waals surface area contributed by atoms with Crippen LogP contribution in [0.4, 0.5) is 5.69 Å². The molecule has 2 aliphatic rings. The Bertz CT molecular complexity index is 495. The van der Waals surface area contributed by atoms with Crippen molar-refractivity contribution in [1.82, 2.24) is 4.90 Å². The third-order valence-corrected chi connectivity index (χ3v) is 4.28. The average molecular weight is 274 g/mol. The number of rotatable bonds is 4. The van der Waals surface area contributed by atoms with Gasteiger partial charge in [0.25, 0.3) is 0 Å². The average Bonchev–Trinajstić information content (AvgIpc) is 2.96. The summed E-state index contributed by atoms with van der Waals surface area (Å²) in [5.41, 5.74) is 3.31. The number of morpholine rings is 1. The highest BCUT2D eigenvalue weighted by atomic mass is 16.5. The molecule has 108 valence electrons. The Labute approximate surface area is 120 Å². The minimum absolute atomic E-state index is 0.00804. The molecule has 0 amide bonds. The van der Waals surface area contributed by atoms with Crippen LogP contribution in [0.15, 0.2) is 18.2 Å². The van der Waals surface area contributed by atoms with Gasteiger partial charge in [-0.05, 0) is 36.6 Å². The Morgan fingerprint density at radius 2 is 2.20 bits per heavy atom. The highest BCUT2D eigenvalue weighted by Gasteiger charge is 2.27. The second-order valence-corrected chi connectivity index (χ2v) is 5.49. The summed E-state index contributed by atoms with van der Waals surface area (Å²) in [6.45, 7) is 6.25. The van der Waals surface area contributed by atoms with Crippen LogP contribution in [0.5, 0.6) is 0 Å². The first-order chi connectivity index (χ1) is 9.79. The fourth-order valence-electron chi connectivity index (χ4n) is 3.15. The molecule has 0 aromatic heterocycles. The molecule has 2 heterocycles. The van der Waals surface area contributed by atoms with Crippen molar-refractivity contribution in [1.29, 1.82) is 0 Å². The molecule has 1 N–H and O–H groups in total. The summed E-state index contributed by atoms with van der Waals surface area (Å²) in [5.74, 6) is 0.254. The maximum Gasteiger partial charge on any atom is 0.179 e. The van der Waals surface area contributed by atoms with Gasteiger partial charge in [-0.2, -0.15) is 0 Å². The summed E-state index contributed by atoms with van der Waals surface area (Å²) in [7, 11) is 0. The van der Waals surface area contributed by atoms with Crippen LogP contribution in [0.2, 0.25) is 0 Å². The predicted molar refractivity (Wildman–Crippen MR) is 79.4 cm³/mol. The molecule has 0 saturated carbocycles. The third kappa shape index (κ3) is 2.58. The van der Waals surface area contributed by atoms with Crippen molar-refractivity contribution in [3.05, 3.63) is 29.3 Å². The highest BCUT2D eigenvalue weighted by molar-refractivity contribution is 6.00. The van der Waals surface area contributed by atoms with Gasteiger partial charge in [0.2, 0.25) is 0 Å². The van der Waals surface area contributed by atoms with Crippen molar-refractivity contribution >= 4 is 11.5 Å². The number of nitrogens with zero attached hydrogens (tertiary/aromatic N) is 1. The molecule has 20 heavy (non-hydrogen) atoms. The zero-order chi connectivity index (χ0) is 13.9. The number of fused-ring (bicyclic) bond motifs is 1. The molecule has 1 aromatic carbocycles. The topological polar surface area (TPSA) is 41.6 Å². The van der Waals surface area contributed by atoms with E-state index in [0.717, 1.165) is 51.3 Å². The van der Waals surface area contributed by atoms with Gasteiger partial charge in [-0.1, -0.05) is 6.92 Å². The van der Waals surface area contributed by atoms with E-state index in [9.17, 15) is 4.79 Å². The van der Waals surface area contributed by atoms with Crippen LogP contribution in [0.25, 0.3) is 0 Å². The van der Waals surface area contributed by atoms with E-state index >= 15 is 0 Å². The predicted octanol–water partition coefficient (Wildman–Crippen LogP) is 1.95. The van der Waals surface area contributed by atoms with E-state index in [2.05, 4.69) is 23.2 Å². The number of carbonyl (C=O) groups excluding carboxylic acids is 1. The van der Waals surface area contributed by atoms with E-state index in [0.29, 0.717) is 0 Å². The van der Waals surface area contributed by atoms with Crippen LogP contribution in [0.3, 0.4) is 0 Å². The number of ketones is 1. The standard InChI is InChI=1S/C16H22N2O2/c1-2-15(18-7-9-20-10-8-18)16(19)13-3-4-14-12(11-13)5-6-17-14/h3-4,11,15,17H,2,5-10H2,1H3. The van der Waals surface area contributed by atoms with Gasteiger partial charge < -0.3 is 10.1 Å². The molecule has 4 heteroatoms. The van der Waals surface area contributed by atoms with Gasteiger partial charge in [0, 0.05) is 30.9 Å². The summed E-state index contributed by atoms with van der Waals surface area (Å²) >= 11 is 0. The molecule has 2 aliphatic heterocycles. The van der Waals surface area contributed by atoms with Gasteiger partial charge in [-0.3, -0.25) is 9.69 Å². The van der Waals surface area contributed by atoms with Gasteiger partial charge in [0.05, 0.1) is 19.3 Å². The molecule has 1 aromatic rings. The van der Waals surface area contributed by atoms with Gasteiger partial charge in [0.15, 0.2) is 5.78 Å². The van der Waals surface area contributed by atoms with Crippen LogP contribution in [0, 0.1) is 0 Å². The van der Waals surface area contributed by atoms with Gasteiger partial charge >= 0.3 is 0 Å². The van der Waals surface area contributed by atoms with Crippen molar-refractivity contribution in [2.45, 2.75) is 25.8 Å². The Morgan fingerprint density at radius 3 is 2.95 bits per heavy atom. The first-order valence-corrected chi connectivity index (χ1v) is 7.52. The van der Waals surface area contributed by atoms with Crippen LogP contribution < -0.4 is 5.32 Å². The van der Waals surface area contributed by atoms with Crippen molar-refractivity contribution in [2.75, 3.05) is 38.2 Å². The third-order valence-electron chi connectivity index (χ3n) is 4.28. The molecule has 0 radical (unpaired) electrons. The number of hydrogen-bond acceptors (Lipinski definition) is 4. The monoisotopic (exact) mass is 274 g/mol. The summed E-state index contributed by atoms with van der Waals surface area (Å²) in [4.78, 5) is 15.0. The van der Waals surface area contributed by atoms with Crippen LogP contribution in [-0.2, 0) is 11.2 Å². The number of hydrogen-bond donors (Lipinski definition) is 1. The summed E-state index contributed by atoms with van der Waals surface area (Å²) < 4.78 is 5.38. The van der Waals surface area contributed by atoms with E-state index < -0.39 is 0 Å². The fourth-order valence-corrected chi connectivity index (χ4v) is 3.15. The number of Topliss-reactive ketones (excluding diaryl/α,β-unsaturated/α-hetero) is 1. The molecular formula is C16H22N2O2. The highest BCUT2D eigenvalue weighted by Crippen LogP contribution is 2.24. The van der Waals surface area contributed by atoms with E-state index in [1.807, 2.05) is 12.1 Å². The van der Waals surface area contributed by atoms with Gasteiger partial charge in [-0.15, -0.1) is 0 Å². The first kappa shape index (κ1) is 13.6. The Hall–Kier alpha value is -1.39. The maximum absolute atomic E-state index is 12.8. The zero-order valence-corrected chi connectivity index (χ0v) is 12.0. The molecule has 1 saturated heterocycles. The lowest BCUT2D eigenvalue weighted by Crippen LogP contribution is -2.47. The second-order valence-electron chi connectivity index (χ2n) is 5.49. The Kier molecular flexibility index (Phi) is 4.03. The van der Waals surface area contributed by atoms with Gasteiger partial charge in [0.1, 0.15) is 0 Å². The number of nitrogens with one attached hydrogen (secondary N) is 1. The second kappa shape index (κ2) is 5.94. The quantitative estimate of drug-likeness (QED) is 0.852.